The first kappa shape index (κ1) is 18.7. The summed E-state index contributed by atoms with van der Waals surface area (Å²) in [4.78, 5) is 14.2. The van der Waals surface area contributed by atoms with Crippen molar-refractivity contribution in [1.82, 2.24) is 4.90 Å². The Morgan fingerprint density at radius 1 is 1.18 bits per heavy atom. The number of amides is 1. The van der Waals surface area contributed by atoms with Crippen molar-refractivity contribution in [3.63, 3.8) is 0 Å². The van der Waals surface area contributed by atoms with E-state index in [1.54, 1.807) is 36.9 Å². The zero-order valence-electron chi connectivity index (χ0n) is 15.6. The number of carbonyl (C=O) groups is 1. The standard InChI is InChI=1S/C20H21FN2O4S/c1-12-3-7-17(10-18(12)21)28(25,26)22-15-4-8-19-14(9-15)11-23(16-5-6-16)20(24)13(2)27-19/h3-4,7-10,13,16,22H,5-6,11H2,1-2H3. The second-order valence-corrected chi connectivity index (χ2v) is 8.98. The lowest BCUT2D eigenvalue weighted by Gasteiger charge is -2.21. The van der Waals surface area contributed by atoms with Crippen LogP contribution in [0.15, 0.2) is 41.3 Å². The average molecular weight is 404 g/mol. The lowest BCUT2D eigenvalue weighted by molar-refractivity contribution is -0.138. The molecule has 2 aromatic carbocycles. The van der Waals surface area contributed by atoms with E-state index in [0.29, 0.717) is 23.5 Å². The predicted octanol–water partition coefficient (Wildman–Crippen LogP) is 3.21. The van der Waals surface area contributed by atoms with Crippen LogP contribution in [0.5, 0.6) is 5.75 Å². The molecule has 1 N–H and O–H groups in total. The fourth-order valence-electron chi connectivity index (χ4n) is 3.27. The van der Waals surface area contributed by atoms with Crippen molar-refractivity contribution in [2.75, 3.05) is 4.72 Å². The Balaban J connectivity index is 1.63. The summed E-state index contributed by atoms with van der Waals surface area (Å²) in [6.45, 7) is 3.66. The Kier molecular flexibility index (Phi) is 4.53. The summed E-state index contributed by atoms with van der Waals surface area (Å²) in [5.41, 5.74) is 1.45. The molecule has 1 amide bonds. The van der Waals surface area contributed by atoms with Crippen LogP contribution >= 0.6 is 0 Å². The molecule has 0 spiro atoms. The first-order chi connectivity index (χ1) is 13.2. The largest absolute Gasteiger partial charge is 0.481 e. The van der Waals surface area contributed by atoms with Crippen LogP contribution in [0.1, 0.15) is 30.9 Å². The lowest BCUT2D eigenvalue weighted by Crippen LogP contribution is -2.39. The molecule has 1 saturated carbocycles. The van der Waals surface area contributed by atoms with Gasteiger partial charge in [-0.3, -0.25) is 9.52 Å². The third-order valence-corrected chi connectivity index (χ3v) is 6.41. The van der Waals surface area contributed by atoms with Crippen molar-refractivity contribution < 1.29 is 22.3 Å². The van der Waals surface area contributed by atoms with Gasteiger partial charge in [0.2, 0.25) is 0 Å². The highest BCUT2D eigenvalue weighted by Crippen LogP contribution is 2.35. The van der Waals surface area contributed by atoms with Gasteiger partial charge >= 0.3 is 0 Å². The number of benzene rings is 2. The Morgan fingerprint density at radius 3 is 2.61 bits per heavy atom. The summed E-state index contributed by atoms with van der Waals surface area (Å²) in [6, 6.07) is 8.91. The van der Waals surface area contributed by atoms with Gasteiger partial charge in [0.05, 0.1) is 4.90 Å². The van der Waals surface area contributed by atoms with E-state index in [1.807, 2.05) is 0 Å². The maximum atomic E-state index is 13.8. The number of sulfonamides is 1. The van der Waals surface area contributed by atoms with Gasteiger partial charge in [-0.2, -0.15) is 0 Å². The van der Waals surface area contributed by atoms with E-state index in [2.05, 4.69) is 4.72 Å². The van der Waals surface area contributed by atoms with E-state index >= 15 is 0 Å². The normalized spacial score (nSPS) is 19.6. The molecule has 1 aliphatic carbocycles. The molecular weight excluding hydrogens is 383 g/mol. The number of aryl methyl sites for hydroxylation is 1. The molecule has 1 fully saturated rings. The number of rotatable bonds is 4. The highest BCUT2D eigenvalue weighted by molar-refractivity contribution is 7.92. The molecule has 4 rings (SSSR count). The summed E-state index contributed by atoms with van der Waals surface area (Å²) in [5, 5.41) is 0. The first-order valence-corrected chi connectivity index (χ1v) is 10.6. The van der Waals surface area contributed by atoms with E-state index in [0.717, 1.165) is 24.5 Å². The zero-order valence-corrected chi connectivity index (χ0v) is 16.4. The summed E-state index contributed by atoms with van der Waals surface area (Å²) in [5.74, 6) is -0.0740. The van der Waals surface area contributed by atoms with Gasteiger partial charge in [0.15, 0.2) is 6.10 Å². The Labute approximate surface area is 163 Å². The highest BCUT2D eigenvalue weighted by Gasteiger charge is 2.37. The molecule has 148 valence electrons. The monoisotopic (exact) mass is 404 g/mol. The molecule has 0 bridgehead atoms. The lowest BCUT2D eigenvalue weighted by atomic mass is 10.1. The minimum Gasteiger partial charge on any atom is -0.481 e. The van der Waals surface area contributed by atoms with Crippen LogP contribution in [0.3, 0.4) is 0 Å². The van der Waals surface area contributed by atoms with Gasteiger partial charge in [0.25, 0.3) is 15.9 Å². The van der Waals surface area contributed by atoms with Gasteiger partial charge < -0.3 is 9.64 Å². The van der Waals surface area contributed by atoms with Gasteiger partial charge in [-0.15, -0.1) is 0 Å². The molecular formula is C20H21FN2O4S. The van der Waals surface area contributed by atoms with E-state index in [4.69, 9.17) is 4.74 Å². The molecule has 0 saturated heterocycles. The second-order valence-electron chi connectivity index (χ2n) is 7.30. The number of fused-ring (bicyclic) bond motifs is 1. The molecule has 2 aromatic rings. The van der Waals surface area contributed by atoms with Crippen molar-refractivity contribution in [2.45, 2.75) is 50.3 Å². The third-order valence-electron chi connectivity index (χ3n) is 5.03. The van der Waals surface area contributed by atoms with Gasteiger partial charge in [-0.1, -0.05) is 6.07 Å². The fraction of sp³-hybridized carbons (Fsp3) is 0.350. The fourth-order valence-corrected chi connectivity index (χ4v) is 4.33. The quantitative estimate of drug-likeness (QED) is 0.849. The van der Waals surface area contributed by atoms with Gasteiger partial charge in [-0.25, -0.2) is 12.8 Å². The number of carbonyl (C=O) groups excluding carboxylic acids is 1. The summed E-state index contributed by atoms with van der Waals surface area (Å²) in [6.07, 6.45) is 1.36. The third kappa shape index (κ3) is 3.56. The van der Waals surface area contributed by atoms with Crippen LogP contribution in [0.25, 0.3) is 0 Å². The van der Waals surface area contributed by atoms with Crippen molar-refractivity contribution in [2.24, 2.45) is 0 Å². The van der Waals surface area contributed by atoms with Gasteiger partial charge in [0.1, 0.15) is 11.6 Å². The van der Waals surface area contributed by atoms with E-state index < -0.39 is 21.9 Å². The minimum atomic E-state index is -3.94. The maximum Gasteiger partial charge on any atom is 0.263 e. The van der Waals surface area contributed by atoms with E-state index in [1.165, 1.54) is 12.1 Å². The number of nitrogens with zero attached hydrogens (tertiary/aromatic N) is 1. The zero-order chi connectivity index (χ0) is 20.1. The minimum absolute atomic E-state index is 0.0593. The summed E-state index contributed by atoms with van der Waals surface area (Å²) >= 11 is 0. The van der Waals surface area contributed by atoms with Crippen LogP contribution in [0.2, 0.25) is 0 Å². The molecule has 2 aliphatic rings. The number of nitrogens with one attached hydrogen (secondary N) is 1. The van der Waals surface area contributed by atoms with E-state index in [-0.39, 0.29) is 16.8 Å². The summed E-state index contributed by atoms with van der Waals surface area (Å²) < 4.78 is 47.2. The molecule has 1 heterocycles. The number of hydrogen-bond acceptors (Lipinski definition) is 4. The van der Waals surface area contributed by atoms with Crippen LogP contribution in [0.4, 0.5) is 10.1 Å². The second kappa shape index (κ2) is 6.77. The molecule has 0 radical (unpaired) electrons. The Morgan fingerprint density at radius 2 is 1.93 bits per heavy atom. The molecule has 8 heteroatoms. The Hall–Kier alpha value is -2.61. The van der Waals surface area contributed by atoms with E-state index in [9.17, 15) is 17.6 Å². The molecule has 28 heavy (non-hydrogen) atoms. The SMILES string of the molecule is Cc1ccc(S(=O)(=O)Nc2ccc3c(c2)CN(C2CC2)C(=O)C(C)O3)cc1F. The topological polar surface area (TPSA) is 75.7 Å². The van der Waals surface area contributed by atoms with Crippen molar-refractivity contribution in [3.8, 4) is 5.75 Å². The van der Waals surface area contributed by atoms with Gasteiger partial charge in [-0.05, 0) is 62.6 Å². The molecule has 0 aromatic heterocycles. The van der Waals surface area contributed by atoms with Crippen LogP contribution in [-0.4, -0.2) is 31.4 Å². The van der Waals surface area contributed by atoms with Crippen molar-refractivity contribution in [1.29, 1.82) is 0 Å². The molecule has 6 nitrogen and oxygen atoms in total. The Bertz CT molecular complexity index is 1050. The average Bonchev–Trinajstić information content (AvgIpc) is 3.47. The maximum absolute atomic E-state index is 13.8. The van der Waals surface area contributed by atoms with Crippen molar-refractivity contribution >= 4 is 21.6 Å². The number of ether oxygens (including phenoxy) is 1. The molecule has 1 unspecified atom stereocenters. The van der Waals surface area contributed by atoms with Crippen LogP contribution in [-0.2, 0) is 21.4 Å². The molecule has 1 atom stereocenters. The number of halogens is 1. The molecule has 1 aliphatic heterocycles. The summed E-state index contributed by atoms with van der Waals surface area (Å²) in [7, 11) is -3.94. The van der Waals surface area contributed by atoms with Crippen LogP contribution < -0.4 is 9.46 Å². The first-order valence-electron chi connectivity index (χ1n) is 9.13. The highest BCUT2D eigenvalue weighted by atomic mass is 32.2. The van der Waals surface area contributed by atoms with Crippen molar-refractivity contribution in [3.05, 3.63) is 53.3 Å². The number of hydrogen-bond donors (Lipinski definition) is 1. The number of anilines is 1. The predicted molar refractivity (Wildman–Crippen MR) is 102 cm³/mol. The van der Waals surface area contributed by atoms with Crippen LogP contribution in [0, 0.1) is 12.7 Å². The smallest absolute Gasteiger partial charge is 0.263 e. The van der Waals surface area contributed by atoms with Gasteiger partial charge in [0, 0.05) is 23.8 Å².